The van der Waals surface area contributed by atoms with Crippen LogP contribution in [0, 0.1) is 6.92 Å². The number of hydrogen-bond acceptors (Lipinski definition) is 2. The second-order valence-electron chi connectivity index (χ2n) is 2.88. The van der Waals surface area contributed by atoms with Crippen molar-refractivity contribution < 1.29 is 0 Å². The maximum Gasteiger partial charge on any atom is 0.250 e. The highest BCUT2D eigenvalue weighted by atomic mass is 16.1. The molecule has 66 valence electrons. The van der Waals surface area contributed by atoms with Crippen LogP contribution in [0.2, 0.25) is 0 Å². The van der Waals surface area contributed by atoms with Gasteiger partial charge in [0.25, 0.3) is 5.56 Å². The number of nitrogens with zero attached hydrogens (tertiary/aromatic N) is 1. The lowest BCUT2D eigenvalue weighted by molar-refractivity contribution is 0.629. The van der Waals surface area contributed by atoms with Crippen LogP contribution in [0.3, 0.4) is 0 Å². The Morgan fingerprint density at radius 3 is 2.92 bits per heavy atom. The SMILES string of the molecule is Cc1ccn(CCCN)c(=O)c1. The standard InChI is InChI=1S/C9H14N2O/c1-8-3-6-11(5-2-4-10)9(12)7-8/h3,6-7H,2,4-5,10H2,1H3. The molecule has 0 fully saturated rings. The predicted molar refractivity (Wildman–Crippen MR) is 49.1 cm³/mol. The summed E-state index contributed by atoms with van der Waals surface area (Å²) < 4.78 is 1.68. The minimum atomic E-state index is 0.0588. The van der Waals surface area contributed by atoms with Crippen molar-refractivity contribution in [3.63, 3.8) is 0 Å². The van der Waals surface area contributed by atoms with E-state index in [0.717, 1.165) is 18.5 Å². The third-order valence-electron chi connectivity index (χ3n) is 1.75. The van der Waals surface area contributed by atoms with Gasteiger partial charge in [-0.25, -0.2) is 0 Å². The quantitative estimate of drug-likeness (QED) is 0.711. The predicted octanol–water partition coefficient (Wildman–Crippen LogP) is 0.506. The molecule has 0 aliphatic carbocycles. The number of aryl methyl sites for hydroxylation is 2. The number of rotatable bonds is 3. The normalized spacial score (nSPS) is 10.2. The van der Waals surface area contributed by atoms with E-state index in [1.807, 2.05) is 19.2 Å². The number of pyridine rings is 1. The van der Waals surface area contributed by atoms with E-state index in [1.165, 1.54) is 0 Å². The average Bonchev–Trinajstić information content (AvgIpc) is 2.03. The number of hydrogen-bond donors (Lipinski definition) is 1. The average molecular weight is 166 g/mol. The summed E-state index contributed by atoms with van der Waals surface area (Å²) in [6, 6.07) is 3.56. The molecule has 0 bridgehead atoms. The van der Waals surface area contributed by atoms with Gasteiger partial charge in [-0.15, -0.1) is 0 Å². The highest BCUT2D eigenvalue weighted by molar-refractivity contribution is 5.07. The van der Waals surface area contributed by atoms with Gasteiger partial charge in [-0.1, -0.05) is 0 Å². The molecule has 1 rings (SSSR count). The van der Waals surface area contributed by atoms with Gasteiger partial charge in [0.1, 0.15) is 0 Å². The monoisotopic (exact) mass is 166 g/mol. The lowest BCUT2D eigenvalue weighted by Crippen LogP contribution is -2.20. The summed E-state index contributed by atoms with van der Waals surface area (Å²) in [7, 11) is 0. The van der Waals surface area contributed by atoms with Crippen LogP contribution in [0.5, 0.6) is 0 Å². The van der Waals surface area contributed by atoms with Gasteiger partial charge < -0.3 is 10.3 Å². The van der Waals surface area contributed by atoms with Crippen molar-refractivity contribution in [2.45, 2.75) is 19.9 Å². The van der Waals surface area contributed by atoms with Crippen molar-refractivity contribution in [3.05, 3.63) is 34.2 Å². The van der Waals surface area contributed by atoms with E-state index in [2.05, 4.69) is 0 Å². The highest BCUT2D eigenvalue weighted by Gasteiger charge is 1.93. The molecule has 0 amide bonds. The molecule has 0 aromatic carbocycles. The minimum absolute atomic E-state index is 0.0588. The lowest BCUT2D eigenvalue weighted by atomic mass is 10.3. The summed E-state index contributed by atoms with van der Waals surface area (Å²) in [5.74, 6) is 0. The summed E-state index contributed by atoms with van der Waals surface area (Å²) in [5, 5.41) is 0. The summed E-state index contributed by atoms with van der Waals surface area (Å²) >= 11 is 0. The molecule has 12 heavy (non-hydrogen) atoms. The third kappa shape index (κ3) is 2.20. The van der Waals surface area contributed by atoms with E-state index in [4.69, 9.17) is 5.73 Å². The molecule has 0 saturated carbocycles. The van der Waals surface area contributed by atoms with Gasteiger partial charge in [-0.3, -0.25) is 4.79 Å². The van der Waals surface area contributed by atoms with Crippen LogP contribution in [-0.2, 0) is 6.54 Å². The van der Waals surface area contributed by atoms with Crippen molar-refractivity contribution >= 4 is 0 Å². The fourth-order valence-corrected chi connectivity index (χ4v) is 1.05. The Morgan fingerprint density at radius 2 is 2.33 bits per heavy atom. The molecule has 0 unspecified atom stereocenters. The molecule has 0 saturated heterocycles. The molecule has 0 aliphatic rings. The largest absolute Gasteiger partial charge is 0.330 e. The molecule has 0 radical (unpaired) electrons. The minimum Gasteiger partial charge on any atom is -0.330 e. The van der Waals surface area contributed by atoms with Gasteiger partial charge in [0, 0.05) is 18.8 Å². The van der Waals surface area contributed by atoms with Crippen LogP contribution in [0.25, 0.3) is 0 Å². The fraction of sp³-hybridized carbons (Fsp3) is 0.444. The highest BCUT2D eigenvalue weighted by Crippen LogP contribution is 1.91. The Labute approximate surface area is 71.8 Å². The van der Waals surface area contributed by atoms with Gasteiger partial charge in [0.15, 0.2) is 0 Å². The first-order chi connectivity index (χ1) is 5.74. The lowest BCUT2D eigenvalue weighted by Gasteiger charge is -2.03. The van der Waals surface area contributed by atoms with Crippen LogP contribution < -0.4 is 11.3 Å². The van der Waals surface area contributed by atoms with Crippen molar-refractivity contribution in [2.24, 2.45) is 5.73 Å². The second-order valence-corrected chi connectivity index (χ2v) is 2.88. The molecule has 0 atom stereocenters. The first-order valence-corrected chi connectivity index (χ1v) is 4.11. The van der Waals surface area contributed by atoms with Crippen LogP contribution in [0.1, 0.15) is 12.0 Å². The van der Waals surface area contributed by atoms with E-state index in [0.29, 0.717) is 6.54 Å². The van der Waals surface area contributed by atoms with E-state index < -0.39 is 0 Å². The molecule has 0 spiro atoms. The van der Waals surface area contributed by atoms with Crippen LogP contribution >= 0.6 is 0 Å². The first kappa shape index (κ1) is 9.00. The van der Waals surface area contributed by atoms with E-state index in [9.17, 15) is 4.79 Å². The van der Waals surface area contributed by atoms with Crippen molar-refractivity contribution in [3.8, 4) is 0 Å². The van der Waals surface area contributed by atoms with Gasteiger partial charge in [0.2, 0.25) is 0 Å². The molecule has 2 N–H and O–H groups in total. The molecule has 0 aliphatic heterocycles. The molecule has 1 aromatic heterocycles. The Bertz CT molecular complexity index is 304. The van der Waals surface area contributed by atoms with Gasteiger partial charge in [-0.2, -0.15) is 0 Å². The van der Waals surface area contributed by atoms with Crippen molar-refractivity contribution in [1.82, 2.24) is 4.57 Å². The maximum atomic E-state index is 11.3. The van der Waals surface area contributed by atoms with Gasteiger partial charge in [0.05, 0.1) is 0 Å². The fourth-order valence-electron chi connectivity index (χ4n) is 1.05. The number of nitrogens with two attached hydrogens (primary N) is 1. The molecule has 1 heterocycles. The Hall–Kier alpha value is -1.09. The Morgan fingerprint density at radius 1 is 1.58 bits per heavy atom. The van der Waals surface area contributed by atoms with E-state index in [-0.39, 0.29) is 5.56 Å². The zero-order valence-corrected chi connectivity index (χ0v) is 7.29. The van der Waals surface area contributed by atoms with E-state index >= 15 is 0 Å². The Balaban J connectivity index is 2.80. The summed E-state index contributed by atoms with van der Waals surface area (Å²) in [6.07, 6.45) is 2.66. The summed E-state index contributed by atoms with van der Waals surface area (Å²) in [4.78, 5) is 11.3. The summed E-state index contributed by atoms with van der Waals surface area (Å²) in [6.45, 7) is 3.25. The van der Waals surface area contributed by atoms with Crippen LogP contribution in [0.15, 0.2) is 23.1 Å². The molecule has 3 nitrogen and oxygen atoms in total. The third-order valence-corrected chi connectivity index (χ3v) is 1.75. The molecular formula is C9H14N2O. The Kier molecular flexibility index (Phi) is 3.05. The zero-order chi connectivity index (χ0) is 8.97. The topological polar surface area (TPSA) is 48.0 Å². The smallest absolute Gasteiger partial charge is 0.250 e. The number of aromatic nitrogens is 1. The summed E-state index contributed by atoms with van der Waals surface area (Å²) in [5.41, 5.74) is 6.40. The molecule has 3 heteroatoms. The van der Waals surface area contributed by atoms with Crippen LogP contribution in [-0.4, -0.2) is 11.1 Å². The van der Waals surface area contributed by atoms with Crippen LogP contribution in [0.4, 0.5) is 0 Å². The molecule has 1 aromatic rings. The van der Waals surface area contributed by atoms with E-state index in [1.54, 1.807) is 10.6 Å². The maximum absolute atomic E-state index is 11.3. The van der Waals surface area contributed by atoms with Gasteiger partial charge in [-0.05, 0) is 31.5 Å². The van der Waals surface area contributed by atoms with Crippen molar-refractivity contribution in [2.75, 3.05) is 6.54 Å². The first-order valence-electron chi connectivity index (χ1n) is 4.11. The van der Waals surface area contributed by atoms with Crippen molar-refractivity contribution in [1.29, 1.82) is 0 Å². The van der Waals surface area contributed by atoms with Gasteiger partial charge >= 0.3 is 0 Å². The zero-order valence-electron chi connectivity index (χ0n) is 7.29. The second kappa shape index (κ2) is 4.07. The molecular weight excluding hydrogens is 152 g/mol.